The summed E-state index contributed by atoms with van der Waals surface area (Å²) in [5.41, 5.74) is 1.72. The average Bonchev–Trinajstić information content (AvgIpc) is 2.83. The summed E-state index contributed by atoms with van der Waals surface area (Å²) in [6.07, 6.45) is 0. The number of halogens is 3. The van der Waals surface area contributed by atoms with Crippen LogP contribution >= 0.6 is 35.0 Å². The van der Waals surface area contributed by atoms with Crippen molar-refractivity contribution >= 4 is 58.2 Å². The second-order valence-corrected chi connectivity index (χ2v) is 9.57. The molecule has 0 aromatic heterocycles. The Morgan fingerprint density at radius 3 is 2.14 bits per heavy atom. The number of carbonyl (C=O) groups excluding carboxylic acids is 2. The van der Waals surface area contributed by atoms with E-state index in [1.165, 1.54) is 30.0 Å². The molecule has 0 aliphatic carbocycles. The van der Waals surface area contributed by atoms with Gasteiger partial charge >= 0.3 is 0 Å². The number of rotatable bonds is 7. The van der Waals surface area contributed by atoms with E-state index in [4.69, 9.17) is 23.2 Å². The quantitative estimate of drug-likeness (QED) is 0.242. The van der Waals surface area contributed by atoms with Crippen LogP contribution in [0.3, 0.4) is 0 Å². The van der Waals surface area contributed by atoms with E-state index >= 15 is 0 Å². The van der Waals surface area contributed by atoms with Gasteiger partial charge in [0.1, 0.15) is 11.1 Å². The van der Waals surface area contributed by atoms with Gasteiger partial charge in [-0.3, -0.25) is 9.59 Å². The minimum Gasteiger partial charge on any atom is -0.325 e. The number of thioether (sulfide) groups is 1. The molecular weight excluding hydrogens is 506 g/mol. The molecule has 0 radical (unpaired) electrons. The zero-order valence-corrected chi connectivity index (χ0v) is 20.5. The van der Waals surface area contributed by atoms with Crippen molar-refractivity contribution in [3.63, 3.8) is 0 Å². The molecule has 4 nitrogen and oxygen atoms in total. The van der Waals surface area contributed by atoms with Crippen LogP contribution in [0, 0.1) is 5.82 Å². The summed E-state index contributed by atoms with van der Waals surface area (Å²) in [6, 6.07) is 27.0. The third-order valence-electron chi connectivity index (χ3n) is 4.93. The van der Waals surface area contributed by atoms with Crippen molar-refractivity contribution in [3.8, 4) is 0 Å². The minimum absolute atomic E-state index is 0.0488. The normalized spacial score (nSPS) is 11.5. The van der Waals surface area contributed by atoms with Crippen LogP contribution in [0.1, 0.15) is 21.2 Å². The Bertz CT molecular complexity index is 1350. The maximum Gasteiger partial charge on any atom is 0.258 e. The van der Waals surface area contributed by atoms with Gasteiger partial charge in [-0.05, 0) is 54.1 Å². The Morgan fingerprint density at radius 2 is 1.43 bits per heavy atom. The first-order chi connectivity index (χ1) is 16.9. The van der Waals surface area contributed by atoms with Crippen molar-refractivity contribution < 1.29 is 14.0 Å². The Hall–Kier alpha value is -3.32. The van der Waals surface area contributed by atoms with Crippen LogP contribution in [0.5, 0.6) is 0 Å². The second kappa shape index (κ2) is 11.4. The monoisotopic (exact) mass is 524 g/mol. The Morgan fingerprint density at radius 1 is 0.743 bits per heavy atom. The molecule has 2 amide bonds. The molecule has 0 bridgehead atoms. The fourth-order valence-electron chi connectivity index (χ4n) is 3.36. The number of benzene rings is 4. The van der Waals surface area contributed by atoms with Gasteiger partial charge in [-0.1, -0.05) is 71.7 Å². The molecule has 35 heavy (non-hydrogen) atoms. The van der Waals surface area contributed by atoms with Gasteiger partial charge in [0.25, 0.3) is 5.91 Å². The van der Waals surface area contributed by atoms with Gasteiger partial charge in [-0.15, -0.1) is 11.8 Å². The van der Waals surface area contributed by atoms with E-state index in [0.717, 1.165) is 10.5 Å². The molecule has 0 saturated heterocycles. The zero-order chi connectivity index (χ0) is 24.8. The van der Waals surface area contributed by atoms with Gasteiger partial charge in [0.2, 0.25) is 5.91 Å². The molecule has 4 aromatic rings. The molecule has 8 heteroatoms. The molecule has 1 atom stereocenters. The molecule has 176 valence electrons. The first-order valence-corrected chi connectivity index (χ1v) is 12.2. The SMILES string of the molecule is O=C(Nc1cccc(SC(C(=O)Nc2cc(Cl)cc(Cl)c2)c2ccccc2)c1)c1ccccc1F. The number of carbonyl (C=O) groups is 2. The van der Waals surface area contributed by atoms with Gasteiger partial charge < -0.3 is 10.6 Å². The smallest absolute Gasteiger partial charge is 0.258 e. The van der Waals surface area contributed by atoms with Crippen molar-refractivity contribution in [1.82, 2.24) is 0 Å². The maximum atomic E-state index is 14.0. The molecule has 4 rings (SSSR count). The third-order valence-corrected chi connectivity index (χ3v) is 6.62. The number of hydrogen-bond acceptors (Lipinski definition) is 3. The van der Waals surface area contributed by atoms with Gasteiger partial charge in [0.15, 0.2) is 0 Å². The molecule has 2 N–H and O–H groups in total. The third kappa shape index (κ3) is 6.63. The fourth-order valence-corrected chi connectivity index (χ4v) is 4.97. The van der Waals surface area contributed by atoms with Crippen LogP contribution in [0.15, 0.2) is 102 Å². The van der Waals surface area contributed by atoms with Crippen LogP contribution in [0.25, 0.3) is 0 Å². The summed E-state index contributed by atoms with van der Waals surface area (Å²) < 4.78 is 14.0. The molecular formula is C27H19Cl2FN2O2S. The summed E-state index contributed by atoms with van der Waals surface area (Å²) in [4.78, 5) is 26.5. The van der Waals surface area contributed by atoms with E-state index in [-0.39, 0.29) is 11.5 Å². The first-order valence-electron chi connectivity index (χ1n) is 10.5. The molecule has 0 aliphatic heterocycles. The summed E-state index contributed by atoms with van der Waals surface area (Å²) in [5, 5.41) is 5.81. The molecule has 0 heterocycles. The highest BCUT2D eigenvalue weighted by Crippen LogP contribution is 2.37. The lowest BCUT2D eigenvalue weighted by atomic mass is 10.1. The lowest BCUT2D eigenvalue weighted by Crippen LogP contribution is -2.19. The highest BCUT2D eigenvalue weighted by atomic mass is 35.5. The molecule has 0 fully saturated rings. The molecule has 1 unspecified atom stereocenters. The summed E-state index contributed by atoms with van der Waals surface area (Å²) in [7, 11) is 0. The maximum absolute atomic E-state index is 14.0. The predicted molar refractivity (Wildman–Crippen MR) is 141 cm³/mol. The number of nitrogens with one attached hydrogen (secondary N) is 2. The summed E-state index contributed by atoms with van der Waals surface area (Å²) in [5.74, 6) is -1.42. The van der Waals surface area contributed by atoms with Crippen LogP contribution in [-0.4, -0.2) is 11.8 Å². The Balaban J connectivity index is 1.56. The van der Waals surface area contributed by atoms with E-state index in [1.807, 2.05) is 36.4 Å². The number of hydrogen-bond donors (Lipinski definition) is 2. The fraction of sp³-hybridized carbons (Fsp3) is 0.0370. The molecule has 0 saturated carbocycles. The van der Waals surface area contributed by atoms with Gasteiger partial charge in [0.05, 0.1) is 5.56 Å². The van der Waals surface area contributed by atoms with Crippen molar-refractivity contribution in [2.45, 2.75) is 10.1 Å². The molecule has 4 aromatic carbocycles. The van der Waals surface area contributed by atoms with E-state index < -0.39 is 17.0 Å². The molecule has 0 spiro atoms. The van der Waals surface area contributed by atoms with E-state index in [2.05, 4.69) is 10.6 Å². The lowest BCUT2D eigenvalue weighted by molar-refractivity contribution is -0.115. The summed E-state index contributed by atoms with van der Waals surface area (Å²) >= 11 is 13.5. The van der Waals surface area contributed by atoms with E-state index in [9.17, 15) is 14.0 Å². The number of anilines is 2. The summed E-state index contributed by atoms with van der Waals surface area (Å²) in [6.45, 7) is 0. The van der Waals surface area contributed by atoms with E-state index in [1.54, 1.807) is 42.5 Å². The standard InChI is InChI=1S/C27H19Cl2FN2O2S/c28-18-13-19(29)15-21(14-18)32-27(34)25(17-7-2-1-3-8-17)35-22-10-6-9-20(16-22)31-26(33)23-11-4-5-12-24(23)30/h1-16,25H,(H,31,33)(H,32,34). The zero-order valence-electron chi connectivity index (χ0n) is 18.2. The topological polar surface area (TPSA) is 58.2 Å². The van der Waals surface area contributed by atoms with Crippen molar-refractivity contribution in [2.24, 2.45) is 0 Å². The second-order valence-electron chi connectivity index (χ2n) is 7.52. The van der Waals surface area contributed by atoms with Gasteiger partial charge in [0, 0.05) is 26.3 Å². The Labute approximate surface area is 216 Å². The number of amides is 2. The Kier molecular flexibility index (Phi) is 8.08. The molecule has 0 aliphatic rings. The predicted octanol–water partition coefficient (Wildman–Crippen LogP) is 7.86. The van der Waals surface area contributed by atoms with Crippen LogP contribution < -0.4 is 10.6 Å². The van der Waals surface area contributed by atoms with Crippen LogP contribution in [0.4, 0.5) is 15.8 Å². The minimum atomic E-state index is -0.605. The van der Waals surface area contributed by atoms with Crippen LogP contribution in [-0.2, 0) is 4.79 Å². The van der Waals surface area contributed by atoms with Crippen molar-refractivity contribution in [1.29, 1.82) is 0 Å². The average molecular weight is 525 g/mol. The highest BCUT2D eigenvalue weighted by Gasteiger charge is 2.23. The van der Waals surface area contributed by atoms with Crippen LogP contribution in [0.2, 0.25) is 10.0 Å². The lowest BCUT2D eigenvalue weighted by Gasteiger charge is -2.18. The highest BCUT2D eigenvalue weighted by molar-refractivity contribution is 8.00. The van der Waals surface area contributed by atoms with Crippen molar-refractivity contribution in [2.75, 3.05) is 10.6 Å². The first kappa shape index (κ1) is 24.8. The van der Waals surface area contributed by atoms with Crippen molar-refractivity contribution in [3.05, 3.63) is 124 Å². The van der Waals surface area contributed by atoms with Gasteiger partial charge in [-0.2, -0.15) is 0 Å². The van der Waals surface area contributed by atoms with Gasteiger partial charge in [-0.25, -0.2) is 4.39 Å². The largest absolute Gasteiger partial charge is 0.325 e. The van der Waals surface area contributed by atoms with E-state index in [0.29, 0.717) is 21.4 Å².